The van der Waals surface area contributed by atoms with Gasteiger partial charge in [0.1, 0.15) is 0 Å². The lowest BCUT2D eigenvalue weighted by atomic mass is 10.1. The second-order valence-corrected chi connectivity index (χ2v) is 7.96. The Bertz CT molecular complexity index is 680. The normalized spacial score (nSPS) is 17.5. The zero-order chi connectivity index (χ0) is 17.0. The molecule has 1 aromatic rings. The van der Waals surface area contributed by atoms with Gasteiger partial charge in [-0.05, 0) is 44.9 Å². The van der Waals surface area contributed by atoms with Crippen molar-refractivity contribution in [2.75, 3.05) is 13.6 Å². The second kappa shape index (κ2) is 7.17. The highest BCUT2D eigenvalue weighted by atomic mass is 32.2. The van der Waals surface area contributed by atoms with Crippen LogP contribution in [0.25, 0.3) is 0 Å². The Balaban J connectivity index is 2.09. The first-order valence-electron chi connectivity index (χ1n) is 7.85. The summed E-state index contributed by atoms with van der Waals surface area (Å²) in [4.78, 5) is 13.9. The molecular weight excluding hydrogens is 312 g/mol. The maximum absolute atomic E-state index is 12.5. The zero-order valence-corrected chi connectivity index (χ0v) is 14.7. The van der Waals surface area contributed by atoms with E-state index in [0.717, 1.165) is 24.9 Å². The lowest BCUT2D eigenvalue weighted by Gasteiger charge is -2.31. The lowest BCUT2D eigenvalue weighted by molar-refractivity contribution is -0.134. The Morgan fingerprint density at radius 3 is 2.48 bits per heavy atom. The number of piperidine rings is 1. The predicted octanol–water partition coefficient (Wildman–Crippen LogP) is 2.53. The molecule has 126 valence electrons. The van der Waals surface area contributed by atoms with E-state index in [1.165, 1.54) is 17.6 Å². The molecule has 1 fully saturated rings. The van der Waals surface area contributed by atoms with Gasteiger partial charge in [-0.25, -0.2) is 8.42 Å². The summed E-state index contributed by atoms with van der Waals surface area (Å²) in [5.41, 5.74) is 1.01. The van der Waals surface area contributed by atoms with E-state index in [-0.39, 0.29) is 16.8 Å². The van der Waals surface area contributed by atoms with Crippen LogP contribution in [0.5, 0.6) is 0 Å². The van der Waals surface area contributed by atoms with Crippen molar-refractivity contribution in [2.24, 2.45) is 0 Å². The van der Waals surface area contributed by atoms with Gasteiger partial charge in [0.05, 0.1) is 4.90 Å². The SMILES string of the molecule is Cc1ccc(S(=O)(=O)N(C)/C=C/C(C)N2CCCCC2=O)cc1. The van der Waals surface area contributed by atoms with Crippen molar-refractivity contribution in [2.45, 2.75) is 44.0 Å². The minimum absolute atomic E-state index is 0.113. The number of nitrogens with zero attached hydrogens (tertiary/aromatic N) is 2. The zero-order valence-electron chi connectivity index (χ0n) is 13.9. The molecule has 1 unspecified atom stereocenters. The molecule has 0 aromatic heterocycles. The van der Waals surface area contributed by atoms with E-state index in [4.69, 9.17) is 0 Å². The van der Waals surface area contributed by atoms with Gasteiger partial charge < -0.3 is 4.90 Å². The molecule has 2 rings (SSSR count). The highest BCUT2D eigenvalue weighted by molar-refractivity contribution is 7.89. The van der Waals surface area contributed by atoms with E-state index in [9.17, 15) is 13.2 Å². The van der Waals surface area contributed by atoms with E-state index in [2.05, 4.69) is 0 Å². The van der Waals surface area contributed by atoms with Crippen LogP contribution in [0.4, 0.5) is 0 Å². The van der Waals surface area contributed by atoms with Gasteiger partial charge >= 0.3 is 0 Å². The number of carbonyl (C=O) groups excluding carboxylic acids is 1. The highest BCUT2D eigenvalue weighted by Crippen LogP contribution is 2.17. The van der Waals surface area contributed by atoms with Crippen molar-refractivity contribution >= 4 is 15.9 Å². The van der Waals surface area contributed by atoms with Crippen LogP contribution in [0, 0.1) is 6.92 Å². The predicted molar refractivity (Wildman–Crippen MR) is 90.3 cm³/mol. The number of hydrogen-bond acceptors (Lipinski definition) is 3. The highest BCUT2D eigenvalue weighted by Gasteiger charge is 2.22. The summed E-state index contributed by atoms with van der Waals surface area (Å²) in [5.74, 6) is 0.137. The molecular formula is C17H24N2O3S. The smallest absolute Gasteiger partial charge is 0.263 e. The molecule has 1 atom stereocenters. The standard InChI is InChI=1S/C17H24N2O3S/c1-14-7-9-16(10-8-14)23(21,22)18(3)13-11-15(2)19-12-5-4-6-17(19)20/h7-11,13,15H,4-6,12H2,1-3H3/b13-11+. The van der Waals surface area contributed by atoms with Crippen molar-refractivity contribution < 1.29 is 13.2 Å². The Kier molecular flexibility index (Phi) is 5.46. The minimum Gasteiger partial charge on any atom is -0.336 e. The number of carbonyl (C=O) groups is 1. The van der Waals surface area contributed by atoms with E-state index >= 15 is 0 Å². The Hall–Kier alpha value is -1.82. The fourth-order valence-corrected chi connectivity index (χ4v) is 3.61. The van der Waals surface area contributed by atoms with Gasteiger partial charge in [0.15, 0.2) is 0 Å². The number of aryl methyl sites for hydroxylation is 1. The quantitative estimate of drug-likeness (QED) is 0.830. The van der Waals surface area contributed by atoms with Gasteiger partial charge in [0.2, 0.25) is 5.91 Å². The van der Waals surface area contributed by atoms with E-state index < -0.39 is 10.0 Å². The molecule has 1 aliphatic rings. The molecule has 0 N–H and O–H groups in total. The number of amides is 1. The summed E-state index contributed by atoms with van der Waals surface area (Å²) in [6, 6.07) is 6.65. The maximum atomic E-state index is 12.5. The number of sulfonamides is 1. The van der Waals surface area contributed by atoms with Gasteiger partial charge in [-0.3, -0.25) is 9.10 Å². The first kappa shape index (κ1) is 17.5. The second-order valence-electron chi connectivity index (χ2n) is 5.96. The molecule has 0 saturated carbocycles. The van der Waals surface area contributed by atoms with Crippen LogP contribution in [-0.2, 0) is 14.8 Å². The van der Waals surface area contributed by atoms with Crippen LogP contribution in [0.1, 0.15) is 31.7 Å². The van der Waals surface area contributed by atoms with E-state index in [1.807, 2.05) is 13.8 Å². The largest absolute Gasteiger partial charge is 0.336 e. The summed E-state index contributed by atoms with van der Waals surface area (Å²) >= 11 is 0. The fourth-order valence-electron chi connectivity index (χ4n) is 2.56. The van der Waals surface area contributed by atoms with Gasteiger partial charge in [0.25, 0.3) is 10.0 Å². The van der Waals surface area contributed by atoms with Crippen LogP contribution < -0.4 is 0 Å². The molecule has 0 aliphatic carbocycles. The van der Waals surface area contributed by atoms with Gasteiger partial charge in [0, 0.05) is 32.3 Å². The molecule has 6 heteroatoms. The molecule has 23 heavy (non-hydrogen) atoms. The first-order valence-corrected chi connectivity index (χ1v) is 9.29. The lowest BCUT2D eigenvalue weighted by Crippen LogP contribution is -2.41. The van der Waals surface area contributed by atoms with Crippen LogP contribution in [0.15, 0.2) is 41.4 Å². The monoisotopic (exact) mass is 336 g/mol. The van der Waals surface area contributed by atoms with Crippen LogP contribution in [-0.4, -0.2) is 43.2 Å². The molecule has 1 heterocycles. The summed E-state index contributed by atoms with van der Waals surface area (Å²) in [6.45, 7) is 4.56. The van der Waals surface area contributed by atoms with Gasteiger partial charge in [-0.1, -0.05) is 17.7 Å². The van der Waals surface area contributed by atoms with Gasteiger partial charge in [-0.2, -0.15) is 0 Å². The third-order valence-electron chi connectivity index (χ3n) is 4.12. The van der Waals surface area contributed by atoms with Crippen LogP contribution in [0.3, 0.4) is 0 Å². The maximum Gasteiger partial charge on any atom is 0.263 e. The summed E-state index contributed by atoms with van der Waals surface area (Å²) in [6.07, 6.45) is 5.81. The molecule has 0 bridgehead atoms. The number of hydrogen-bond donors (Lipinski definition) is 0. The van der Waals surface area contributed by atoms with E-state index in [0.29, 0.717) is 6.42 Å². The summed E-state index contributed by atoms with van der Waals surface area (Å²) < 4.78 is 26.2. The molecule has 1 saturated heterocycles. The van der Waals surface area contributed by atoms with Crippen LogP contribution in [0.2, 0.25) is 0 Å². The average molecular weight is 336 g/mol. The Morgan fingerprint density at radius 1 is 1.22 bits per heavy atom. The topological polar surface area (TPSA) is 57.7 Å². The van der Waals surface area contributed by atoms with E-state index in [1.54, 1.807) is 35.2 Å². The number of likely N-dealkylation sites (tertiary alicyclic amines) is 1. The molecule has 0 spiro atoms. The molecule has 0 radical (unpaired) electrons. The third kappa shape index (κ3) is 4.13. The third-order valence-corrected chi connectivity index (χ3v) is 5.87. The van der Waals surface area contributed by atoms with Crippen molar-refractivity contribution in [1.29, 1.82) is 0 Å². The molecule has 1 amide bonds. The van der Waals surface area contributed by atoms with Crippen LogP contribution >= 0.6 is 0 Å². The molecule has 1 aliphatic heterocycles. The Labute approximate surface area is 138 Å². The molecule has 1 aromatic carbocycles. The van der Waals surface area contributed by atoms with Gasteiger partial charge in [-0.15, -0.1) is 0 Å². The summed E-state index contributed by atoms with van der Waals surface area (Å²) in [7, 11) is -2.04. The van der Waals surface area contributed by atoms with Crippen molar-refractivity contribution in [3.63, 3.8) is 0 Å². The average Bonchev–Trinajstić information content (AvgIpc) is 2.53. The molecule has 5 nitrogen and oxygen atoms in total. The number of rotatable bonds is 5. The van der Waals surface area contributed by atoms with Crippen molar-refractivity contribution in [3.05, 3.63) is 42.1 Å². The Morgan fingerprint density at radius 2 is 1.87 bits per heavy atom. The first-order chi connectivity index (χ1) is 10.8. The minimum atomic E-state index is -3.55. The van der Waals surface area contributed by atoms with Crippen molar-refractivity contribution in [3.8, 4) is 0 Å². The number of benzene rings is 1. The fraction of sp³-hybridized carbons (Fsp3) is 0.471. The summed E-state index contributed by atoms with van der Waals surface area (Å²) in [5, 5.41) is 0. The van der Waals surface area contributed by atoms with Crippen molar-refractivity contribution in [1.82, 2.24) is 9.21 Å².